The van der Waals surface area contributed by atoms with E-state index in [1.165, 1.54) is 25.9 Å². The molecule has 0 aliphatic carbocycles. The van der Waals surface area contributed by atoms with Gasteiger partial charge in [-0.1, -0.05) is 0 Å². The van der Waals surface area contributed by atoms with Crippen molar-refractivity contribution in [2.45, 2.75) is 32.2 Å². The van der Waals surface area contributed by atoms with Crippen LogP contribution in [0.4, 0.5) is 0 Å². The fraction of sp³-hybridized carbons (Fsp3) is 1.00. The molecule has 0 amide bonds. The maximum absolute atomic E-state index is 5.81. The molecular weight excluding hydrogens is 164 g/mol. The number of rotatable bonds is 5. The second-order valence-electron chi connectivity index (χ2n) is 4.03. The van der Waals surface area contributed by atoms with Gasteiger partial charge < -0.3 is 10.5 Å². The molecule has 1 aliphatic rings. The molecular formula is C10H22N2O. The zero-order valence-electron chi connectivity index (χ0n) is 8.88. The molecule has 1 aliphatic heterocycles. The summed E-state index contributed by atoms with van der Waals surface area (Å²) in [5.74, 6) is 0. The molecule has 0 radical (unpaired) electrons. The SMILES string of the molecule is CCOCC(C)(CN)N1CCCC1. The number of likely N-dealkylation sites (tertiary alicyclic amines) is 1. The van der Waals surface area contributed by atoms with Gasteiger partial charge in [-0.3, -0.25) is 4.90 Å². The summed E-state index contributed by atoms with van der Waals surface area (Å²) < 4.78 is 5.48. The first-order valence-corrected chi connectivity index (χ1v) is 5.26. The Labute approximate surface area is 81.2 Å². The molecule has 0 aromatic heterocycles. The Kier molecular flexibility index (Phi) is 4.16. The molecule has 1 saturated heterocycles. The minimum absolute atomic E-state index is 0.0620. The summed E-state index contributed by atoms with van der Waals surface area (Å²) in [6.45, 7) is 8.83. The van der Waals surface area contributed by atoms with Gasteiger partial charge in [-0.2, -0.15) is 0 Å². The molecule has 0 spiro atoms. The number of nitrogens with zero attached hydrogens (tertiary/aromatic N) is 1. The number of hydrogen-bond donors (Lipinski definition) is 1. The van der Waals surface area contributed by atoms with Gasteiger partial charge in [0.25, 0.3) is 0 Å². The molecule has 3 heteroatoms. The van der Waals surface area contributed by atoms with E-state index in [9.17, 15) is 0 Å². The zero-order valence-corrected chi connectivity index (χ0v) is 8.88. The van der Waals surface area contributed by atoms with Crippen LogP contribution in [0.15, 0.2) is 0 Å². The third-order valence-electron chi connectivity index (χ3n) is 2.93. The van der Waals surface area contributed by atoms with Gasteiger partial charge in [0, 0.05) is 13.2 Å². The van der Waals surface area contributed by atoms with Crippen molar-refractivity contribution in [1.82, 2.24) is 4.90 Å². The van der Waals surface area contributed by atoms with Gasteiger partial charge in [-0.05, 0) is 39.8 Å². The predicted octanol–water partition coefficient (Wildman–Crippen LogP) is 0.836. The van der Waals surface area contributed by atoms with Crippen molar-refractivity contribution in [1.29, 1.82) is 0 Å². The second-order valence-corrected chi connectivity index (χ2v) is 4.03. The lowest BCUT2D eigenvalue weighted by atomic mass is 10.0. The lowest BCUT2D eigenvalue weighted by Gasteiger charge is -2.37. The van der Waals surface area contributed by atoms with Crippen LogP contribution in [-0.2, 0) is 4.74 Å². The van der Waals surface area contributed by atoms with Gasteiger partial charge in [0.1, 0.15) is 0 Å². The molecule has 1 fully saturated rings. The second kappa shape index (κ2) is 4.94. The minimum atomic E-state index is 0.0620. The van der Waals surface area contributed by atoms with Gasteiger partial charge in [-0.25, -0.2) is 0 Å². The molecule has 1 rings (SSSR count). The molecule has 0 bridgehead atoms. The normalized spacial score (nSPS) is 23.3. The Morgan fingerprint density at radius 2 is 2.00 bits per heavy atom. The molecule has 0 aromatic rings. The summed E-state index contributed by atoms with van der Waals surface area (Å²) in [4.78, 5) is 2.46. The molecule has 78 valence electrons. The highest BCUT2D eigenvalue weighted by Crippen LogP contribution is 2.20. The lowest BCUT2D eigenvalue weighted by molar-refractivity contribution is 0.0228. The van der Waals surface area contributed by atoms with Crippen LogP contribution >= 0.6 is 0 Å². The average Bonchev–Trinajstić information content (AvgIpc) is 2.67. The molecule has 13 heavy (non-hydrogen) atoms. The van der Waals surface area contributed by atoms with Gasteiger partial charge >= 0.3 is 0 Å². The number of ether oxygens (including phenoxy) is 1. The highest BCUT2D eigenvalue weighted by Gasteiger charge is 2.32. The van der Waals surface area contributed by atoms with E-state index in [0.717, 1.165) is 13.2 Å². The van der Waals surface area contributed by atoms with E-state index in [1.54, 1.807) is 0 Å². The minimum Gasteiger partial charge on any atom is -0.380 e. The van der Waals surface area contributed by atoms with E-state index in [-0.39, 0.29) is 5.54 Å². The summed E-state index contributed by atoms with van der Waals surface area (Å²) >= 11 is 0. The van der Waals surface area contributed by atoms with Crippen LogP contribution in [0, 0.1) is 0 Å². The maximum atomic E-state index is 5.81. The first-order chi connectivity index (χ1) is 6.23. The van der Waals surface area contributed by atoms with Crippen LogP contribution < -0.4 is 5.73 Å². The monoisotopic (exact) mass is 186 g/mol. The van der Waals surface area contributed by atoms with Crippen LogP contribution in [0.25, 0.3) is 0 Å². The quantitative estimate of drug-likeness (QED) is 0.691. The van der Waals surface area contributed by atoms with E-state index in [0.29, 0.717) is 6.54 Å². The number of nitrogens with two attached hydrogens (primary N) is 1. The molecule has 1 unspecified atom stereocenters. The molecule has 2 N–H and O–H groups in total. The highest BCUT2D eigenvalue weighted by atomic mass is 16.5. The summed E-state index contributed by atoms with van der Waals surface area (Å²) in [6.07, 6.45) is 2.61. The third-order valence-corrected chi connectivity index (χ3v) is 2.93. The van der Waals surface area contributed by atoms with Gasteiger partial charge in [0.2, 0.25) is 0 Å². The van der Waals surface area contributed by atoms with E-state index in [4.69, 9.17) is 10.5 Å². The Bertz CT molecular complexity index is 146. The average molecular weight is 186 g/mol. The fourth-order valence-electron chi connectivity index (χ4n) is 1.86. The van der Waals surface area contributed by atoms with E-state index in [1.807, 2.05) is 6.92 Å². The Morgan fingerprint density at radius 3 is 2.46 bits per heavy atom. The summed E-state index contributed by atoms with van der Waals surface area (Å²) in [6, 6.07) is 0. The third kappa shape index (κ3) is 2.66. The van der Waals surface area contributed by atoms with E-state index < -0.39 is 0 Å². The number of hydrogen-bond acceptors (Lipinski definition) is 3. The van der Waals surface area contributed by atoms with Crippen LogP contribution in [0.2, 0.25) is 0 Å². The van der Waals surface area contributed by atoms with Gasteiger partial charge in [0.05, 0.1) is 12.1 Å². The largest absolute Gasteiger partial charge is 0.380 e. The Hall–Kier alpha value is -0.120. The van der Waals surface area contributed by atoms with Crippen LogP contribution in [0.1, 0.15) is 26.7 Å². The fourth-order valence-corrected chi connectivity index (χ4v) is 1.86. The van der Waals surface area contributed by atoms with Crippen molar-refractivity contribution >= 4 is 0 Å². The van der Waals surface area contributed by atoms with Crippen LogP contribution in [0.3, 0.4) is 0 Å². The van der Waals surface area contributed by atoms with Crippen molar-refractivity contribution in [2.75, 3.05) is 32.8 Å². The molecule has 1 heterocycles. The van der Waals surface area contributed by atoms with Crippen molar-refractivity contribution in [3.63, 3.8) is 0 Å². The van der Waals surface area contributed by atoms with Crippen molar-refractivity contribution in [3.8, 4) is 0 Å². The van der Waals surface area contributed by atoms with Gasteiger partial charge in [-0.15, -0.1) is 0 Å². The molecule has 1 atom stereocenters. The highest BCUT2D eigenvalue weighted by molar-refractivity contribution is 4.89. The van der Waals surface area contributed by atoms with Crippen molar-refractivity contribution in [3.05, 3.63) is 0 Å². The first-order valence-electron chi connectivity index (χ1n) is 5.26. The predicted molar refractivity (Wildman–Crippen MR) is 54.8 cm³/mol. The van der Waals surface area contributed by atoms with Crippen molar-refractivity contribution in [2.24, 2.45) is 5.73 Å². The standard InChI is InChI=1S/C10H22N2O/c1-3-13-9-10(2,8-11)12-6-4-5-7-12/h3-9,11H2,1-2H3. The maximum Gasteiger partial charge on any atom is 0.0659 e. The van der Waals surface area contributed by atoms with Crippen LogP contribution in [-0.4, -0.2) is 43.3 Å². The lowest BCUT2D eigenvalue weighted by Crippen LogP contribution is -2.53. The zero-order chi connectivity index (χ0) is 9.73. The molecule has 0 saturated carbocycles. The van der Waals surface area contributed by atoms with Gasteiger partial charge in [0.15, 0.2) is 0 Å². The summed E-state index contributed by atoms with van der Waals surface area (Å²) in [5, 5.41) is 0. The summed E-state index contributed by atoms with van der Waals surface area (Å²) in [5.41, 5.74) is 5.87. The van der Waals surface area contributed by atoms with Crippen LogP contribution in [0.5, 0.6) is 0 Å². The molecule has 3 nitrogen and oxygen atoms in total. The summed E-state index contributed by atoms with van der Waals surface area (Å²) in [7, 11) is 0. The Balaban J connectivity index is 2.45. The molecule has 0 aromatic carbocycles. The topological polar surface area (TPSA) is 38.5 Å². The smallest absolute Gasteiger partial charge is 0.0659 e. The Morgan fingerprint density at radius 1 is 1.38 bits per heavy atom. The van der Waals surface area contributed by atoms with E-state index >= 15 is 0 Å². The van der Waals surface area contributed by atoms with E-state index in [2.05, 4.69) is 11.8 Å². The van der Waals surface area contributed by atoms with Crippen molar-refractivity contribution < 1.29 is 4.74 Å². The first kappa shape index (κ1) is 11.0.